The zero-order chi connectivity index (χ0) is 19.7. The smallest absolute Gasteiger partial charge is 0.261 e. The Balaban J connectivity index is 1.60. The Morgan fingerprint density at radius 3 is 2.64 bits per heavy atom. The summed E-state index contributed by atoms with van der Waals surface area (Å²) in [6.07, 6.45) is 6.26. The second-order valence-corrected chi connectivity index (χ2v) is 7.77. The molecule has 0 bridgehead atoms. The van der Waals surface area contributed by atoms with Crippen LogP contribution in [0.15, 0.2) is 48.2 Å². The fourth-order valence-electron chi connectivity index (χ4n) is 3.89. The number of hydrazine groups is 1. The molecule has 2 N–H and O–H groups in total. The van der Waals surface area contributed by atoms with Crippen LogP contribution < -0.4 is 5.43 Å². The predicted molar refractivity (Wildman–Crippen MR) is 116 cm³/mol. The highest BCUT2D eigenvalue weighted by molar-refractivity contribution is 5.97. The third-order valence-electron chi connectivity index (χ3n) is 5.57. The number of H-pyrrole nitrogens is 1. The van der Waals surface area contributed by atoms with E-state index >= 15 is 0 Å². The maximum atomic E-state index is 12.5. The number of nitrogens with zero attached hydrogens (tertiary/aromatic N) is 1. The van der Waals surface area contributed by atoms with Gasteiger partial charge in [0.15, 0.2) is 0 Å². The van der Waals surface area contributed by atoms with Gasteiger partial charge in [-0.1, -0.05) is 18.2 Å². The summed E-state index contributed by atoms with van der Waals surface area (Å²) in [5.41, 5.74) is 10.8. The normalized spacial score (nSPS) is 15.3. The summed E-state index contributed by atoms with van der Waals surface area (Å²) in [5.74, 6) is -0.0130. The molecule has 1 aliphatic heterocycles. The SMILES string of the molecule is C/C(=C\c1cc(C)c(-c2ccc3[nH]ccc3c2)cc1C)C(=O)NN1CCCC1. The zero-order valence-electron chi connectivity index (χ0n) is 16.8. The van der Waals surface area contributed by atoms with Crippen LogP contribution in [0.25, 0.3) is 28.1 Å². The minimum absolute atomic E-state index is 0.0130. The molecule has 2 aromatic carbocycles. The summed E-state index contributed by atoms with van der Waals surface area (Å²) in [6.45, 7) is 8.00. The summed E-state index contributed by atoms with van der Waals surface area (Å²) in [7, 11) is 0. The lowest BCUT2D eigenvalue weighted by atomic mass is 9.93. The molecule has 1 aliphatic rings. The highest BCUT2D eigenvalue weighted by atomic mass is 16.2. The van der Waals surface area contributed by atoms with Gasteiger partial charge in [-0.05, 0) is 91.1 Å². The van der Waals surface area contributed by atoms with Crippen molar-refractivity contribution in [2.24, 2.45) is 0 Å². The molecule has 144 valence electrons. The van der Waals surface area contributed by atoms with Crippen LogP contribution in [0.5, 0.6) is 0 Å². The molecule has 1 aromatic heterocycles. The van der Waals surface area contributed by atoms with Gasteiger partial charge in [0.05, 0.1) is 0 Å². The van der Waals surface area contributed by atoms with E-state index in [0.29, 0.717) is 0 Å². The second kappa shape index (κ2) is 7.64. The van der Waals surface area contributed by atoms with Crippen molar-refractivity contribution >= 4 is 22.9 Å². The fraction of sp³-hybridized carbons (Fsp3) is 0.292. The molecule has 1 amide bonds. The predicted octanol–water partition coefficient (Wildman–Crippen LogP) is 4.98. The highest BCUT2D eigenvalue weighted by Gasteiger charge is 2.15. The van der Waals surface area contributed by atoms with Gasteiger partial charge in [-0.25, -0.2) is 5.01 Å². The molecule has 0 spiro atoms. The van der Waals surface area contributed by atoms with Gasteiger partial charge in [0, 0.05) is 30.4 Å². The minimum atomic E-state index is -0.0130. The summed E-state index contributed by atoms with van der Waals surface area (Å²) < 4.78 is 0. The van der Waals surface area contributed by atoms with Crippen LogP contribution in [-0.2, 0) is 4.79 Å². The average Bonchev–Trinajstić information content (AvgIpc) is 3.35. The molecular weight excluding hydrogens is 346 g/mol. The summed E-state index contributed by atoms with van der Waals surface area (Å²) in [5, 5.41) is 3.23. The van der Waals surface area contributed by atoms with Crippen LogP contribution in [-0.4, -0.2) is 29.0 Å². The number of rotatable bonds is 4. The summed E-state index contributed by atoms with van der Waals surface area (Å²) in [6, 6.07) is 13.0. The van der Waals surface area contributed by atoms with E-state index in [2.05, 4.69) is 60.7 Å². The Morgan fingerprint density at radius 2 is 1.86 bits per heavy atom. The maximum Gasteiger partial charge on any atom is 0.261 e. The molecule has 0 radical (unpaired) electrons. The minimum Gasteiger partial charge on any atom is -0.361 e. The van der Waals surface area contributed by atoms with E-state index < -0.39 is 0 Å². The van der Waals surface area contributed by atoms with E-state index in [1.807, 2.05) is 24.2 Å². The van der Waals surface area contributed by atoms with Gasteiger partial charge in [0.25, 0.3) is 5.91 Å². The van der Waals surface area contributed by atoms with Crippen molar-refractivity contribution in [1.29, 1.82) is 0 Å². The van der Waals surface area contributed by atoms with Gasteiger partial charge in [-0.2, -0.15) is 0 Å². The van der Waals surface area contributed by atoms with E-state index in [1.165, 1.54) is 27.6 Å². The van der Waals surface area contributed by atoms with Crippen molar-refractivity contribution < 1.29 is 4.79 Å². The summed E-state index contributed by atoms with van der Waals surface area (Å²) in [4.78, 5) is 15.7. The fourth-order valence-corrected chi connectivity index (χ4v) is 3.89. The largest absolute Gasteiger partial charge is 0.361 e. The monoisotopic (exact) mass is 373 g/mol. The Kier molecular flexibility index (Phi) is 5.05. The lowest BCUT2D eigenvalue weighted by Crippen LogP contribution is -2.40. The standard InChI is InChI=1S/C24H27N3O/c1-16-14-22(19-6-7-23-20(15-19)8-9-25-23)17(2)12-21(16)13-18(3)24(28)26-27-10-4-5-11-27/h6-9,12-15,25H,4-5,10-11H2,1-3H3,(H,26,28)/b18-13+. The van der Waals surface area contributed by atoms with Crippen LogP contribution in [0.2, 0.25) is 0 Å². The number of hydrogen-bond donors (Lipinski definition) is 2. The molecule has 0 aliphatic carbocycles. The number of aryl methyl sites for hydroxylation is 2. The van der Waals surface area contributed by atoms with Gasteiger partial charge < -0.3 is 4.98 Å². The lowest BCUT2D eigenvalue weighted by Gasteiger charge is -2.16. The van der Waals surface area contributed by atoms with Crippen LogP contribution in [0.1, 0.15) is 36.5 Å². The molecule has 0 unspecified atom stereocenters. The number of aromatic amines is 1. The Labute approximate surface area is 166 Å². The zero-order valence-corrected chi connectivity index (χ0v) is 16.8. The van der Waals surface area contributed by atoms with Crippen molar-refractivity contribution in [3.8, 4) is 11.1 Å². The van der Waals surface area contributed by atoms with E-state index in [0.717, 1.165) is 42.6 Å². The van der Waals surface area contributed by atoms with E-state index in [9.17, 15) is 4.79 Å². The number of carbonyl (C=O) groups excluding carboxylic acids is 1. The Bertz CT molecular complexity index is 1050. The van der Waals surface area contributed by atoms with Crippen LogP contribution in [0, 0.1) is 13.8 Å². The molecular formula is C24H27N3O. The number of amides is 1. The molecule has 1 fully saturated rings. The first-order valence-corrected chi connectivity index (χ1v) is 9.94. The second-order valence-electron chi connectivity index (χ2n) is 7.77. The van der Waals surface area contributed by atoms with Gasteiger partial charge in [-0.15, -0.1) is 0 Å². The van der Waals surface area contributed by atoms with Gasteiger partial charge in [0.2, 0.25) is 0 Å². The first kappa shape index (κ1) is 18.5. The molecule has 0 atom stereocenters. The number of fused-ring (bicyclic) bond motifs is 1. The van der Waals surface area contributed by atoms with Crippen molar-refractivity contribution in [3.05, 3.63) is 64.9 Å². The quantitative estimate of drug-likeness (QED) is 0.634. The number of aromatic nitrogens is 1. The van der Waals surface area contributed by atoms with Crippen LogP contribution in [0.3, 0.4) is 0 Å². The molecule has 4 rings (SSSR count). The van der Waals surface area contributed by atoms with E-state index in [-0.39, 0.29) is 5.91 Å². The summed E-state index contributed by atoms with van der Waals surface area (Å²) >= 11 is 0. The first-order chi connectivity index (χ1) is 13.5. The van der Waals surface area contributed by atoms with Crippen molar-refractivity contribution in [2.45, 2.75) is 33.6 Å². The van der Waals surface area contributed by atoms with Crippen molar-refractivity contribution in [3.63, 3.8) is 0 Å². The third kappa shape index (κ3) is 3.73. The van der Waals surface area contributed by atoms with Gasteiger partial charge in [0.1, 0.15) is 0 Å². The number of hydrogen-bond acceptors (Lipinski definition) is 2. The number of carbonyl (C=O) groups is 1. The highest BCUT2D eigenvalue weighted by Crippen LogP contribution is 2.30. The Hall–Kier alpha value is -2.85. The van der Waals surface area contributed by atoms with E-state index in [1.54, 1.807) is 0 Å². The molecule has 0 saturated carbocycles. The third-order valence-corrected chi connectivity index (χ3v) is 5.57. The number of nitrogens with one attached hydrogen (secondary N) is 2. The van der Waals surface area contributed by atoms with Gasteiger partial charge in [-0.3, -0.25) is 10.2 Å². The average molecular weight is 374 g/mol. The molecule has 4 nitrogen and oxygen atoms in total. The van der Waals surface area contributed by atoms with E-state index in [4.69, 9.17) is 0 Å². The molecule has 2 heterocycles. The molecule has 4 heteroatoms. The van der Waals surface area contributed by atoms with Gasteiger partial charge >= 0.3 is 0 Å². The maximum absolute atomic E-state index is 12.5. The van der Waals surface area contributed by atoms with Crippen LogP contribution >= 0.6 is 0 Å². The molecule has 1 saturated heterocycles. The topological polar surface area (TPSA) is 48.1 Å². The molecule has 3 aromatic rings. The molecule has 28 heavy (non-hydrogen) atoms. The first-order valence-electron chi connectivity index (χ1n) is 9.94. The lowest BCUT2D eigenvalue weighted by molar-refractivity contribution is -0.121. The Morgan fingerprint density at radius 1 is 1.07 bits per heavy atom. The van der Waals surface area contributed by atoms with Crippen molar-refractivity contribution in [2.75, 3.05) is 13.1 Å². The van der Waals surface area contributed by atoms with Crippen molar-refractivity contribution in [1.82, 2.24) is 15.4 Å². The van der Waals surface area contributed by atoms with Crippen LogP contribution in [0.4, 0.5) is 0 Å². The number of benzene rings is 2.